The van der Waals surface area contributed by atoms with Crippen molar-refractivity contribution in [3.05, 3.63) is 58.7 Å². The van der Waals surface area contributed by atoms with Gasteiger partial charge in [0.2, 0.25) is 0 Å². The van der Waals surface area contributed by atoms with Crippen molar-refractivity contribution < 1.29 is 9.90 Å². The van der Waals surface area contributed by atoms with Crippen molar-refractivity contribution in [1.82, 2.24) is 0 Å². The summed E-state index contributed by atoms with van der Waals surface area (Å²) in [6.45, 7) is 10.9. The van der Waals surface area contributed by atoms with Crippen LogP contribution in [0.5, 0.6) is 0 Å². The van der Waals surface area contributed by atoms with Crippen LogP contribution in [-0.4, -0.2) is 11.1 Å². The molecule has 0 aromatic rings. The van der Waals surface area contributed by atoms with Crippen molar-refractivity contribution in [2.24, 2.45) is 5.41 Å². The van der Waals surface area contributed by atoms with Crippen molar-refractivity contribution in [1.29, 1.82) is 0 Å². The van der Waals surface area contributed by atoms with Gasteiger partial charge in [-0.3, -0.25) is 0 Å². The van der Waals surface area contributed by atoms with Crippen LogP contribution >= 0.6 is 0 Å². The van der Waals surface area contributed by atoms with Gasteiger partial charge in [0.1, 0.15) is 0 Å². The van der Waals surface area contributed by atoms with Crippen LogP contribution in [0.3, 0.4) is 0 Å². The second kappa shape index (κ2) is 10.2. The van der Waals surface area contributed by atoms with E-state index in [2.05, 4.69) is 45.9 Å². The quantitative estimate of drug-likeness (QED) is 0.390. The Morgan fingerprint density at radius 1 is 1.28 bits per heavy atom. The normalized spacial score (nSPS) is 19.2. The van der Waals surface area contributed by atoms with Gasteiger partial charge >= 0.3 is 5.97 Å². The highest BCUT2D eigenvalue weighted by Gasteiger charge is 2.26. The van der Waals surface area contributed by atoms with Crippen LogP contribution in [0.15, 0.2) is 58.7 Å². The molecule has 0 spiro atoms. The Balaban J connectivity index is 2.97. The number of carboxylic acid groups (broad SMARTS) is 1. The van der Waals surface area contributed by atoms with E-state index in [0.717, 1.165) is 18.4 Å². The van der Waals surface area contributed by atoms with Gasteiger partial charge in [-0.05, 0) is 68.1 Å². The summed E-state index contributed by atoms with van der Waals surface area (Å²) in [6.07, 6.45) is 18.8. The van der Waals surface area contributed by atoms with Crippen molar-refractivity contribution in [3.63, 3.8) is 0 Å². The first kappa shape index (κ1) is 21.2. The van der Waals surface area contributed by atoms with E-state index in [1.165, 1.54) is 48.5 Å². The van der Waals surface area contributed by atoms with Gasteiger partial charge in [-0.15, -0.1) is 0 Å². The first-order valence-corrected chi connectivity index (χ1v) is 9.43. The molecule has 2 nitrogen and oxygen atoms in total. The number of unbranched alkanes of at least 4 members (excludes halogenated alkanes) is 1. The van der Waals surface area contributed by atoms with Gasteiger partial charge in [-0.1, -0.05) is 63.1 Å². The van der Waals surface area contributed by atoms with E-state index in [1.807, 2.05) is 12.2 Å². The van der Waals surface area contributed by atoms with Crippen LogP contribution in [0.2, 0.25) is 0 Å². The number of aliphatic carboxylic acids is 1. The molecular weight excluding hydrogens is 308 g/mol. The topological polar surface area (TPSA) is 37.3 Å². The van der Waals surface area contributed by atoms with Gasteiger partial charge in [-0.25, -0.2) is 4.79 Å². The molecule has 0 radical (unpaired) electrons. The molecule has 138 valence electrons. The molecule has 0 atom stereocenters. The molecular formula is C23H34O2. The van der Waals surface area contributed by atoms with Crippen LogP contribution in [0.1, 0.15) is 73.1 Å². The molecule has 0 unspecified atom stereocenters. The number of hydrogen-bond acceptors (Lipinski definition) is 1. The molecule has 1 aliphatic carbocycles. The molecule has 0 saturated carbocycles. The summed E-state index contributed by atoms with van der Waals surface area (Å²) in [7, 11) is 0. The maximum Gasteiger partial charge on any atom is 0.328 e. The summed E-state index contributed by atoms with van der Waals surface area (Å²) < 4.78 is 0. The van der Waals surface area contributed by atoms with Gasteiger partial charge in [0.25, 0.3) is 0 Å². The zero-order valence-electron chi connectivity index (χ0n) is 16.6. The average Bonchev–Trinajstić information content (AvgIpc) is 2.50. The first-order valence-electron chi connectivity index (χ1n) is 9.43. The Morgan fingerprint density at radius 3 is 2.60 bits per heavy atom. The van der Waals surface area contributed by atoms with Crippen LogP contribution in [-0.2, 0) is 4.79 Å². The minimum atomic E-state index is -0.904. The molecule has 1 rings (SSSR count). The Labute approximate surface area is 153 Å². The molecule has 1 aliphatic rings. The molecule has 0 aromatic carbocycles. The number of allylic oxidation sites excluding steroid dienone is 9. The van der Waals surface area contributed by atoms with Crippen LogP contribution in [0.25, 0.3) is 0 Å². The molecule has 2 heteroatoms. The van der Waals surface area contributed by atoms with Crippen molar-refractivity contribution in [2.75, 3.05) is 0 Å². The smallest absolute Gasteiger partial charge is 0.328 e. The van der Waals surface area contributed by atoms with Crippen LogP contribution in [0.4, 0.5) is 0 Å². The van der Waals surface area contributed by atoms with Gasteiger partial charge in [0.05, 0.1) is 0 Å². The number of carbonyl (C=O) groups is 1. The Bertz CT molecular complexity index is 610. The molecule has 0 fully saturated rings. The fourth-order valence-electron chi connectivity index (χ4n) is 3.37. The SMILES string of the molecule is CCCCC(C=CC1=C(C)CCCC1(C)C)=CC=CC(C)=CC(=O)O. The summed E-state index contributed by atoms with van der Waals surface area (Å²) in [6, 6.07) is 0. The predicted molar refractivity (Wildman–Crippen MR) is 108 cm³/mol. The van der Waals surface area contributed by atoms with E-state index >= 15 is 0 Å². The first-order chi connectivity index (χ1) is 11.8. The fourth-order valence-corrected chi connectivity index (χ4v) is 3.37. The van der Waals surface area contributed by atoms with Gasteiger partial charge < -0.3 is 5.11 Å². The molecule has 1 N–H and O–H groups in total. The van der Waals surface area contributed by atoms with Crippen molar-refractivity contribution >= 4 is 5.97 Å². The highest BCUT2D eigenvalue weighted by atomic mass is 16.4. The molecule has 0 amide bonds. The second-order valence-electron chi connectivity index (χ2n) is 7.70. The number of rotatable bonds is 8. The van der Waals surface area contributed by atoms with E-state index in [0.29, 0.717) is 0 Å². The van der Waals surface area contributed by atoms with Gasteiger partial charge in [-0.2, -0.15) is 0 Å². The Morgan fingerprint density at radius 2 is 2.00 bits per heavy atom. The largest absolute Gasteiger partial charge is 0.478 e. The summed E-state index contributed by atoms with van der Waals surface area (Å²) in [5.74, 6) is -0.904. The molecule has 0 aliphatic heterocycles. The Kier molecular flexibility index (Phi) is 8.68. The maximum absolute atomic E-state index is 10.7. The second-order valence-corrected chi connectivity index (χ2v) is 7.70. The molecule has 0 aromatic heterocycles. The van der Waals surface area contributed by atoms with Crippen molar-refractivity contribution in [2.45, 2.75) is 73.1 Å². The third-order valence-corrected chi connectivity index (χ3v) is 4.85. The van der Waals surface area contributed by atoms with E-state index in [4.69, 9.17) is 5.11 Å². The zero-order valence-corrected chi connectivity index (χ0v) is 16.6. The Hall–Kier alpha value is -1.83. The minimum absolute atomic E-state index is 0.255. The molecule has 25 heavy (non-hydrogen) atoms. The van der Waals surface area contributed by atoms with E-state index in [9.17, 15) is 4.79 Å². The lowest BCUT2D eigenvalue weighted by Crippen LogP contribution is -2.19. The highest BCUT2D eigenvalue weighted by molar-refractivity contribution is 5.81. The monoisotopic (exact) mass is 342 g/mol. The predicted octanol–water partition coefficient (Wildman–Crippen LogP) is 6.77. The number of carboxylic acids is 1. The van der Waals surface area contributed by atoms with Crippen molar-refractivity contribution in [3.8, 4) is 0 Å². The summed E-state index contributed by atoms with van der Waals surface area (Å²) in [4.78, 5) is 10.7. The van der Waals surface area contributed by atoms with E-state index < -0.39 is 5.97 Å². The average molecular weight is 343 g/mol. The minimum Gasteiger partial charge on any atom is -0.478 e. The maximum atomic E-state index is 10.7. The summed E-state index contributed by atoms with van der Waals surface area (Å²) >= 11 is 0. The standard InChI is InChI=1S/C23H34O2/c1-6-7-12-20(13-8-10-18(2)17-22(24)25)14-15-21-19(3)11-9-16-23(21,4)5/h8,10,13-15,17H,6-7,9,11-12,16H2,1-5H3,(H,24,25). The third-order valence-electron chi connectivity index (χ3n) is 4.85. The molecule has 0 saturated heterocycles. The third kappa shape index (κ3) is 7.72. The van der Waals surface area contributed by atoms with E-state index in [-0.39, 0.29) is 5.41 Å². The highest BCUT2D eigenvalue weighted by Crippen LogP contribution is 2.40. The number of hydrogen-bond donors (Lipinski definition) is 1. The summed E-state index contributed by atoms with van der Waals surface area (Å²) in [5.41, 5.74) is 5.29. The lowest BCUT2D eigenvalue weighted by Gasteiger charge is -2.33. The van der Waals surface area contributed by atoms with Crippen LogP contribution < -0.4 is 0 Å². The fraction of sp³-hybridized carbons (Fsp3) is 0.522. The zero-order chi connectivity index (χ0) is 18.9. The lowest BCUT2D eigenvalue weighted by molar-refractivity contribution is -0.131. The van der Waals surface area contributed by atoms with Gasteiger partial charge in [0.15, 0.2) is 0 Å². The lowest BCUT2D eigenvalue weighted by atomic mass is 9.72. The van der Waals surface area contributed by atoms with E-state index in [1.54, 1.807) is 6.92 Å². The molecule has 0 bridgehead atoms. The summed E-state index contributed by atoms with van der Waals surface area (Å²) in [5, 5.41) is 8.77. The van der Waals surface area contributed by atoms with Crippen LogP contribution in [0, 0.1) is 5.41 Å². The molecule has 0 heterocycles. The van der Waals surface area contributed by atoms with Gasteiger partial charge in [0, 0.05) is 6.08 Å².